The molecule has 1 atom stereocenters. The number of rotatable bonds is 2. The fraction of sp³-hybridized carbons (Fsp3) is 0.167. The molecule has 2 aromatic rings. The summed E-state index contributed by atoms with van der Waals surface area (Å²) in [6, 6.07) is 5.42. The molecule has 102 valence electrons. The van der Waals surface area contributed by atoms with Crippen LogP contribution in [-0.2, 0) is 6.18 Å². The fourth-order valence-corrected chi connectivity index (χ4v) is 2.65. The molecule has 0 aliphatic rings. The van der Waals surface area contributed by atoms with Crippen molar-refractivity contribution in [3.8, 4) is 0 Å². The van der Waals surface area contributed by atoms with Gasteiger partial charge >= 0.3 is 6.18 Å². The monoisotopic (exact) mass is 310 g/mol. The number of alkyl halides is 3. The second-order valence-electron chi connectivity index (χ2n) is 3.78. The highest BCUT2D eigenvalue weighted by Crippen LogP contribution is 2.35. The Morgan fingerprint density at radius 3 is 2.32 bits per heavy atom. The van der Waals surface area contributed by atoms with Gasteiger partial charge in [0.25, 0.3) is 0 Å². The van der Waals surface area contributed by atoms with Gasteiger partial charge in [-0.05, 0) is 29.8 Å². The number of benzene rings is 1. The van der Waals surface area contributed by atoms with Crippen LogP contribution in [0.1, 0.15) is 22.1 Å². The summed E-state index contributed by atoms with van der Waals surface area (Å²) in [7, 11) is 0. The fourth-order valence-electron chi connectivity index (χ4n) is 1.57. The molecule has 0 aliphatic carbocycles. The molecule has 1 aromatic carbocycles. The van der Waals surface area contributed by atoms with E-state index in [1.165, 1.54) is 6.07 Å². The summed E-state index contributed by atoms with van der Waals surface area (Å²) in [4.78, 5) is 0.434. The summed E-state index contributed by atoms with van der Waals surface area (Å²) < 4.78 is 51.0. The van der Waals surface area contributed by atoms with Crippen LogP contribution < -0.4 is 0 Å². The lowest BCUT2D eigenvalue weighted by Crippen LogP contribution is -2.09. The third-order valence-corrected chi connectivity index (χ3v) is 3.76. The number of aliphatic hydroxyl groups excluding tert-OH is 1. The van der Waals surface area contributed by atoms with Gasteiger partial charge in [-0.25, -0.2) is 4.39 Å². The number of thiophene rings is 1. The molecule has 1 aromatic heterocycles. The highest BCUT2D eigenvalue weighted by molar-refractivity contribution is 7.16. The predicted molar refractivity (Wildman–Crippen MR) is 64.8 cm³/mol. The quantitative estimate of drug-likeness (QED) is 0.801. The molecule has 1 heterocycles. The molecule has 0 aliphatic heterocycles. The molecule has 1 unspecified atom stereocenters. The maximum absolute atomic E-state index is 13.4. The molecular formula is C12H7ClF4OS. The summed E-state index contributed by atoms with van der Waals surface area (Å²) in [6.07, 6.45) is -5.95. The van der Waals surface area contributed by atoms with Gasteiger partial charge in [-0.1, -0.05) is 17.7 Å². The van der Waals surface area contributed by atoms with E-state index in [4.69, 9.17) is 11.6 Å². The zero-order chi connectivity index (χ0) is 14.2. The van der Waals surface area contributed by atoms with Crippen LogP contribution in [0.5, 0.6) is 0 Å². The zero-order valence-electron chi connectivity index (χ0n) is 9.21. The third-order valence-electron chi connectivity index (χ3n) is 2.48. The van der Waals surface area contributed by atoms with Crippen molar-refractivity contribution in [3.63, 3.8) is 0 Å². The van der Waals surface area contributed by atoms with E-state index in [0.29, 0.717) is 21.3 Å². The van der Waals surface area contributed by atoms with Crippen LogP contribution in [0, 0.1) is 5.82 Å². The number of hydrogen-bond donors (Lipinski definition) is 1. The van der Waals surface area contributed by atoms with Crippen molar-refractivity contribution in [2.24, 2.45) is 0 Å². The molecule has 0 saturated heterocycles. The van der Waals surface area contributed by atoms with Crippen LogP contribution in [0.2, 0.25) is 4.34 Å². The van der Waals surface area contributed by atoms with Gasteiger partial charge in [-0.3, -0.25) is 0 Å². The first-order valence-corrected chi connectivity index (χ1v) is 6.28. The van der Waals surface area contributed by atoms with Gasteiger partial charge in [0.15, 0.2) is 0 Å². The van der Waals surface area contributed by atoms with Crippen molar-refractivity contribution < 1.29 is 22.7 Å². The van der Waals surface area contributed by atoms with Gasteiger partial charge in [-0.15, -0.1) is 11.3 Å². The summed E-state index contributed by atoms with van der Waals surface area (Å²) in [6.45, 7) is 0. The Kier molecular flexibility index (Phi) is 3.85. The normalized spacial score (nSPS) is 13.6. The minimum Gasteiger partial charge on any atom is -0.383 e. The topological polar surface area (TPSA) is 20.2 Å². The van der Waals surface area contributed by atoms with E-state index in [0.717, 1.165) is 17.4 Å². The van der Waals surface area contributed by atoms with Gasteiger partial charge < -0.3 is 5.11 Å². The number of hydrogen-bond acceptors (Lipinski definition) is 2. The number of aliphatic hydroxyl groups is 1. The standard InChI is InChI=1S/C12H7ClF4OS/c13-10-4-3-9(19-10)11(18)6-1-2-7(8(14)5-6)12(15,16)17/h1-5,11,18H. The molecule has 1 nitrogen and oxygen atoms in total. The van der Waals surface area contributed by atoms with E-state index >= 15 is 0 Å². The summed E-state index contributed by atoms with van der Waals surface area (Å²) in [5.41, 5.74) is -1.31. The summed E-state index contributed by atoms with van der Waals surface area (Å²) >= 11 is 6.77. The Hall–Kier alpha value is -1.11. The van der Waals surface area contributed by atoms with Crippen molar-refractivity contribution in [1.29, 1.82) is 0 Å². The molecule has 0 radical (unpaired) electrons. The number of halogens is 5. The van der Waals surface area contributed by atoms with Crippen molar-refractivity contribution >= 4 is 22.9 Å². The highest BCUT2D eigenvalue weighted by Gasteiger charge is 2.34. The van der Waals surface area contributed by atoms with E-state index in [1.54, 1.807) is 6.07 Å². The average Bonchev–Trinajstić information content (AvgIpc) is 2.73. The SMILES string of the molecule is OC(c1ccc(C(F)(F)F)c(F)c1)c1ccc(Cl)s1. The second-order valence-corrected chi connectivity index (χ2v) is 5.53. The van der Waals surface area contributed by atoms with Gasteiger partial charge in [0.2, 0.25) is 0 Å². The van der Waals surface area contributed by atoms with E-state index in [-0.39, 0.29) is 5.56 Å². The van der Waals surface area contributed by atoms with Crippen LogP contribution in [0.15, 0.2) is 30.3 Å². The maximum atomic E-state index is 13.4. The molecule has 0 saturated carbocycles. The molecule has 0 fully saturated rings. The van der Waals surface area contributed by atoms with Gasteiger partial charge in [0, 0.05) is 4.88 Å². The van der Waals surface area contributed by atoms with E-state index < -0.39 is 23.7 Å². The smallest absolute Gasteiger partial charge is 0.383 e. The minimum absolute atomic E-state index is 0.0454. The zero-order valence-corrected chi connectivity index (χ0v) is 10.8. The van der Waals surface area contributed by atoms with Gasteiger partial charge in [0.05, 0.1) is 9.90 Å². The maximum Gasteiger partial charge on any atom is 0.419 e. The first kappa shape index (κ1) is 14.3. The molecule has 0 bridgehead atoms. The van der Waals surface area contributed by atoms with Crippen LogP contribution in [0.25, 0.3) is 0 Å². The van der Waals surface area contributed by atoms with Crippen molar-refractivity contribution in [2.45, 2.75) is 12.3 Å². The lowest BCUT2D eigenvalue weighted by Gasteiger charge is -2.12. The molecule has 1 N–H and O–H groups in total. The molecule has 0 amide bonds. The lowest BCUT2D eigenvalue weighted by atomic mass is 10.0. The Morgan fingerprint density at radius 1 is 1.16 bits per heavy atom. The minimum atomic E-state index is -4.75. The lowest BCUT2D eigenvalue weighted by molar-refractivity contribution is -0.140. The van der Waals surface area contributed by atoms with E-state index in [2.05, 4.69) is 0 Å². The van der Waals surface area contributed by atoms with Gasteiger partial charge in [-0.2, -0.15) is 13.2 Å². The van der Waals surface area contributed by atoms with Crippen molar-refractivity contribution in [1.82, 2.24) is 0 Å². The van der Waals surface area contributed by atoms with E-state index in [1.807, 2.05) is 0 Å². The largest absolute Gasteiger partial charge is 0.419 e. The molecule has 0 spiro atoms. The van der Waals surface area contributed by atoms with Gasteiger partial charge in [0.1, 0.15) is 11.9 Å². The first-order chi connectivity index (χ1) is 8.79. The van der Waals surface area contributed by atoms with Crippen LogP contribution in [-0.4, -0.2) is 5.11 Å². The Morgan fingerprint density at radius 2 is 1.84 bits per heavy atom. The van der Waals surface area contributed by atoms with Crippen LogP contribution >= 0.6 is 22.9 Å². The van der Waals surface area contributed by atoms with E-state index in [9.17, 15) is 22.7 Å². The van der Waals surface area contributed by atoms with Crippen LogP contribution in [0.3, 0.4) is 0 Å². The summed E-state index contributed by atoms with van der Waals surface area (Å²) in [5.74, 6) is -1.41. The predicted octanol–water partition coefficient (Wildman–Crippen LogP) is 4.64. The van der Waals surface area contributed by atoms with Crippen LogP contribution in [0.4, 0.5) is 17.6 Å². The van der Waals surface area contributed by atoms with Crippen molar-refractivity contribution in [3.05, 3.63) is 56.5 Å². The Labute approximate surface area is 115 Å². The molecule has 19 heavy (non-hydrogen) atoms. The summed E-state index contributed by atoms with van der Waals surface area (Å²) in [5, 5.41) is 9.93. The second kappa shape index (κ2) is 5.11. The third kappa shape index (κ3) is 3.08. The molecule has 2 rings (SSSR count). The first-order valence-electron chi connectivity index (χ1n) is 5.09. The van der Waals surface area contributed by atoms with Crippen molar-refractivity contribution in [2.75, 3.05) is 0 Å². The average molecular weight is 311 g/mol. The Balaban J connectivity index is 2.35. The highest BCUT2D eigenvalue weighted by atomic mass is 35.5. The molecule has 7 heteroatoms. The Bertz CT molecular complexity index is 594. The molecular weight excluding hydrogens is 304 g/mol.